The van der Waals surface area contributed by atoms with Crippen LogP contribution in [0.2, 0.25) is 0 Å². The Morgan fingerprint density at radius 3 is 2.30 bits per heavy atom. The number of piperazine rings is 1. The number of aromatic nitrogens is 2. The van der Waals surface area contributed by atoms with Gasteiger partial charge < -0.3 is 19.8 Å². The number of rotatable bonds is 5. The van der Waals surface area contributed by atoms with Gasteiger partial charge in [-0.25, -0.2) is 8.42 Å². The van der Waals surface area contributed by atoms with Crippen LogP contribution >= 0.6 is 0 Å². The van der Waals surface area contributed by atoms with E-state index >= 15 is 0 Å². The molecule has 0 amide bonds. The van der Waals surface area contributed by atoms with Crippen LogP contribution in [-0.2, 0) is 10.0 Å². The molecule has 0 atom stereocenters. The molecule has 0 spiro atoms. The third-order valence-corrected chi connectivity index (χ3v) is 6.68. The van der Waals surface area contributed by atoms with Crippen LogP contribution < -0.4 is 20.7 Å². The van der Waals surface area contributed by atoms with Gasteiger partial charge in [0.15, 0.2) is 0 Å². The zero-order valence-corrected chi connectivity index (χ0v) is 17.3. The smallest absolute Gasteiger partial charge is 0.314 e. The molecule has 30 heavy (non-hydrogen) atoms. The maximum atomic E-state index is 13.0. The van der Waals surface area contributed by atoms with Crippen molar-refractivity contribution in [2.75, 3.05) is 42.3 Å². The molecule has 4 rings (SSSR count). The molecular weight excluding hydrogens is 406 g/mol. The van der Waals surface area contributed by atoms with Gasteiger partial charge in [0.1, 0.15) is 0 Å². The quantitative estimate of drug-likeness (QED) is 0.524. The largest absolute Gasteiger partial charge is 0.367 e. The lowest BCUT2D eigenvalue weighted by atomic mass is 10.2. The summed E-state index contributed by atoms with van der Waals surface area (Å²) in [7, 11) is -3.91. The van der Waals surface area contributed by atoms with Crippen LogP contribution in [0.15, 0.2) is 56.9 Å². The summed E-state index contributed by atoms with van der Waals surface area (Å²) < 4.78 is 28.7. The Balaban J connectivity index is 1.64. The third-order valence-electron chi connectivity index (χ3n) is 5.31. The number of benzene rings is 2. The molecule has 3 aromatic rings. The molecular formula is C20H23N5O4S. The number of para-hydroxylation sites is 2. The first kappa shape index (κ1) is 20.2. The zero-order valence-electron chi connectivity index (χ0n) is 16.5. The van der Waals surface area contributed by atoms with Crippen molar-refractivity contribution in [3.8, 4) is 0 Å². The van der Waals surface area contributed by atoms with E-state index in [1.165, 1.54) is 18.2 Å². The van der Waals surface area contributed by atoms with Crippen LogP contribution in [0.1, 0.15) is 6.92 Å². The molecule has 1 aliphatic heterocycles. The van der Waals surface area contributed by atoms with E-state index in [0.29, 0.717) is 11.2 Å². The number of aromatic amines is 2. The van der Waals surface area contributed by atoms with Crippen LogP contribution in [0.5, 0.6) is 0 Å². The fourth-order valence-electron chi connectivity index (χ4n) is 3.61. The SMILES string of the molecule is CCN1CCN(c2ccccc2NS(=O)(=O)c2ccc3[nH]c(=O)c(=O)[nH]c3c2)CC1. The summed E-state index contributed by atoms with van der Waals surface area (Å²) in [6.45, 7) is 6.61. The number of fused-ring (bicyclic) bond motifs is 1. The number of sulfonamides is 1. The highest BCUT2D eigenvalue weighted by atomic mass is 32.2. The van der Waals surface area contributed by atoms with Crippen LogP contribution in [0.3, 0.4) is 0 Å². The van der Waals surface area contributed by atoms with Gasteiger partial charge in [-0.15, -0.1) is 0 Å². The molecule has 9 nitrogen and oxygen atoms in total. The van der Waals surface area contributed by atoms with Crippen molar-refractivity contribution in [1.29, 1.82) is 0 Å². The first-order valence-electron chi connectivity index (χ1n) is 9.73. The lowest BCUT2D eigenvalue weighted by Crippen LogP contribution is -2.46. The highest BCUT2D eigenvalue weighted by Crippen LogP contribution is 2.29. The molecule has 1 aromatic heterocycles. The predicted octanol–water partition coefficient (Wildman–Crippen LogP) is 1.16. The number of nitrogens with zero attached hydrogens (tertiary/aromatic N) is 2. The van der Waals surface area contributed by atoms with Gasteiger partial charge in [-0.1, -0.05) is 19.1 Å². The Hall–Kier alpha value is -3.11. The van der Waals surface area contributed by atoms with E-state index in [2.05, 4.69) is 31.4 Å². The Morgan fingerprint density at radius 1 is 0.933 bits per heavy atom. The molecule has 10 heteroatoms. The first-order chi connectivity index (χ1) is 14.4. The summed E-state index contributed by atoms with van der Waals surface area (Å²) in [5.74, 6) is 0. The second kappa shape index (κ2) is 7.96. The number of nitrogens with one attached hydrogen (secondary N) is 3. The van der Waals surface area contributed by atoms with Gasteiger partial charge in [-0.3, -0.25) is 14.3 Å². The predicted molar refractivity (Wildman–Crippen MR) is 117 cm³/mol. The molecule has 158 valence electrons. The number of anilines is 2. The van der Waals surface area contributed by atoms with Crippen molar-refractivity contribution in [3.05, 3.63) is 63.2 Å². The highest BCUT2D eigenvalue weighted by Gasteiger charge is 2.21. The normalized spacial score (nSPS) is 15.4. The third kappa shape index (κ3) is 3.96. The van der Waals surface area contributed by atoms with Gasteiger partial charge in [-0.05, 0) is 36.9 Å². The van der Waals surface area contributed by atoms with Gasteiger partial charge in [0.2, 0.25) is 0 Å². The maximum absolute atomic E-state index is 13.0. The fraction of sp³-hybridized carbons (Fsp3) is 0.300. The summed E-state index contributed by atoms with van der Waals surface area (Å²) in [5.41, 5.74) is 0.307. The number of hydrogen-bond acceptors (Lipinski definition) is 6. The average Bonchev–Trinajstić information content (AvgIpc) is 2.74. The van der Waals surface area contributed by atoms with Crippen molar-refractivity contribution in [1.82, 2.24) is 14.9 Å². The molecule has 0 saturated carbocycles. The monoisotopic (exact) mass is 429 g/mol. The van der Waals surface area contributed by atoms with Crippen LogP contribution in [0, 0.1) is 0 Å². The van der Waals surface area contributed by atoms with Gasteiger partial charge in [0.25, 0.3) is 10.0 Å². The molecule has 1 aliphatic rings. The van der Waals surface area contributed by atoms with E-state index < -0.39 is 21.1 Å². The molecule has 0 radical (unpaired) electrons. The van der Waals surface area contributed by atoms with Gasteiger partial charge in [0, 0.05) is 26.2 Å². The maximum Gasteiger partial charge on any atom is 0.314 e. The standard InChI is InChI=1S/C20H23N5O4S/c1-2-24-9-11-25(12-10-24)18-6-4-3-5-16(18)23-30(28,29)14-7-8-15-17(13-14)22-20(27)19(26)21-15/h3-8,13,23H,2,9-12H2,1H3,(H,21,26)(H,22,27). The lowest BCUT2D eigenvalue weighted by molar-refractivity contribution is 0.271. The molecule has 1 fully saturated rings. The molecule has 2 aromatic carbocycles. The van der Waals surface area contributed by atoms with E-state index in [-0.39, 0.29) is 10.4 Å². The molecule has 0 unspecified atom stereocenters. The Morgan fingerprint density at radius 2 is 1.60 bits per heavy atom. The van der Waals surface area contributed by atoms with Crippen molar-refractivity contribution in [2.24, 2.45) is 0 Å². The van der Waals surface area contributed by atoms with Crippen molar-refractivity contribution >= 4 is 32.4 Å². The summed E-state index contributed by atoms with van der Waals surface area (Å²) in [4.78, 5) is 32.4. The molecule has 0 aliphatic carbocycles. The number of hydrogen-bond donors (Lipinski definition) is 3. The molecule has 3 N–H and O–H groups in total. The zero-order chi connectivity index (χ0) is 21.3. The van der Waals surface area contributed by atoms with E-state index in [0.717, 1.165) is 38.4 Å². The van der Waals surface area contributed by atoms with Crippen LogP contribution in [0.4, 0.5) is 11.4 Å². The minimum Gasteiger partial charge on any atom is -0.367 e. The van der Waals surface area contributed by atoms with Crippen LogP contribution in [0.25, 0.3) is 11.0 Å². The molecule has 0 bridgehead atoms. The summed E-state index contributed by atoms with van der Waals surface area (Å²) in [6, 6.07) is 11.5. The summed E-state index contributed by atoms with van der Waals surface area (Å²) >= 11 is 0. The van der Waals surface area contributed by atoms with Crippen molar-refractivity contribution in [2.45, 2.75) is 11.8 Å². The fourth-order valence-corrected chi connectivity index (χ4v) is 4.71. The van der Waals surface area contributed by atoms with E-state index in [1.54, 1.807) is 12.1 Å². The second-order valence-electron chi connectivity index (χ2n) is 7.16. The molecule has 1 saturated heterocycles. The summed E-state index contributed by atoms with van der Waals surface area (Å²) in [5, 5.41) is 0. The van der Waals surface area contributed by atoms with E-state index in [9.17, 15) is 18.0 Å². The van der Waals surface area contributed by atoms with E-state index in [1.807, 2.05) is 12.1 Å². The van der Waals surface area contributed by atoms with Crippen molar-refractivity contribution < 1.29 is 8.42 Å². The summed E-state index contributed by atoms with van der Waals surface area (Å²) in [6.07, 6.45) is 0. The van der Waals surface area contributed by atoms with Gasteiger partial charge >= 0.3 is 11.1 Å². The second-order valence-corrected chi connectivity index (χ2v) is 8.84. The van der Waals surface area contributed by atoms with Gasteiger partial charge in [-0.2, -0.15) is 0 Å². The number of likely N-dealkylation sites (N-methyl/N-ethyl adjacent to an activating group) is 1. The minimum absolute atomic E-state index is 0.0108. The minimum atomic E-state index is -3.91. The Labute approximate surface area is 173 Å². The topological polar surface area (TPSA) is 118 Å². The highest BCUT2D eigenvalue weighted by molar-refractivity contribution is 7.92. The van der Waals surface area contributed by atoms with Gasteiger partial charge in [0.05, 0.1) is 27.3 Å². The first-order valence-corrected chi connectivity index (χ1v) is 11.2. The van der Waals surface area contributed by atoms with E-state index in [4.69, 9.17) is 0 Å². The Kier molecular flexibility index (Phi) is 5.35. The number of H-pyrrole nitrogens is 2. The Bertz CT molecular complexity index is 1290. The lowest BCUT2D eigenvalue weighted by Gasteiger charge is -2.36. The van der Waals surface area contributed by atoms with Crippen molar-refractivity contribution in [3.63, 3.8) is 0 Å². The molecule has 2 heterocycles. The van der Waals surface area contributed by atoms with Crippen LogP contribution in [-0.4, -0.2) is 56.0 Å². The average molecular weight is 430 g/mol.